The lowest BCUT2D eigenvalue weighted by molar-refractivity contribution is -0.138. The summed E-state index contributed by atoms with van der Waals surface area (Å²) in [7, 11) is 1.37. The second kappa shape index (κ2) is 7.04. The number of benzene rings is 1. The number of hydrogen-bond acceptors (Lipinski definition) is 4. The molecule has 2 N–H and O–H groups in total. The molecular formula is C18H23N3O4. The quantitative estimate of drug-likeness (QED) is 0.781. The summed E-state index contributed by atoms with van der Waals surface area (Å²) in [5, 5.41) is 4.97. The van der Waals surface area contributed by atoms with Gasteiger partial charge >= 0.3 is 0 Å². The highest BCUT2D eigenvalue weighted by molar-refractivity contribution is 6.06. The minimum absolute atomic E-state index is 0.00664. The number of likely N-dealkylation sites (N-methyl/N-ethyl adjacent to an activating group) is 1. The van der Waals surface area contributed by atoms with E-state index >= 15 is 0 Å². The van der Waals surface area contributed by atoms with E-state index in [2.05, 4.69) is 31.4 Å². The number of amides is 4. The molecule has 2 rings (SSSR count). The van der Waals surface area contributed by atoms with Gasteiger partial charge in [0.25, 0.3) is 11.8 Å². The summed E-state index contributed by atoms with van der Waals surface area (Å²) in [5.41, 5.74) is 1.55. The van der Waals surface area contributed by atoms with Crippen molar-refractivity contribution in [2.24, 2.45) is 0 Å². The first-order valence-electron chi connectivity index (χ1n) is 8.08. The third-order valence-corrected chi connectivity index (χ3v) is 4.14. The lowest BCUT2D eigenvalue weighted by Gasteiger charge is -2.19. The van der Waals surface area contributed by atoms with E-state index in [0.29, 0.717) is 5.56 Å². The van der Waals surface area contributed by atoms with Gasteiger partial charge in [-0.3, -0.25) is 24.1 Å². The molecule has 1 atom stereocenters. The number of rotatable bonds is 4. The Morgan fingerprint density at radius 3 is 2.24 bits per heavy atom. The Hall–Kier alpha value is -2.70. The summed E-state index contributed by atoms with van der Waals surface area (Å²) >= 11 is 0. The highest BCUT2D eigenvalue weighted by Crippen LogP contribution is 2.22. The van der Waals surface area contributed by atoms with Crippen LogP contribution in [0.2, 0.25) is 0 Å². The van der Waals surface area contributed by atoms with Crippen LogP contribution in [0.15, 0.2) is 24.3 Å². The summed E-state index contributed by atoms with van der Waals surface area (Å²) < 4.78 is 0. The first-order valence-corrected chi connectivity index (χ1v) is 8.08. The monoisotopic (exact) mass is 345 g/mol. The summed E-state index contributed by atoms with van der Waals surface area (Å²) in [6, 6.07) is 6.33. The van der Waals surface area contributed by atoms with Gasteiger partial charge in [0.1, 0.15) is 6.04 Å². The van der Waals surface area contributed by atoms with Crippen molar-refractivity contribution in [3.8, 4) is 0 Å². The molecule has 1 aromatic carbocycles. The van der Waals surface area contributed by atoms with Gasteiger partial charge in [0.2, 0.25) is 11.8 Å². The van der Waals surface area contributed by atoms with E-state index in [1.807, 2.05) is 12.1 Å². The van der Waals surface area contributed by atoms with Crippen LogP contribution in [0, 0.1) is 0 Å². The van der Waals surface area contributed by atoms with E-state index in [1.54, 1.807) is 12.1 Å². The molecule has 0 radical (unpaired) electrons. The van der Waals surface area contributed by atoms with Crippen LogP contribution in [0.4, 0.5) is 0 Å². The molecule has 1 aromatic rings. The fraction of sp³-hybridized carbons (Fsp3) is 0.444. The minimum atomic E-state index is -0.854. The molecule has 7 nitrogen and oxygen atoms in total. The third-order valence-electron chi connectivity index (χ3n) is 4.14. The van der Waals surface area contributed by atoms with Crippen LogP contribution < -0.4 is 10.6 Å². The molecule has 1 aliphatic heterocycles. The topological polar surface area (TPSA) is 95.6 Å². The fourth-order valence-corrected chi connectivity index (χ4v) is 2.50. The molecule has 4 amide bonds. The van der Waals surface area contributed by atoms with E-state index in [-0.39, 0.29) is 30.2 Å². The number of imide groups is 1. The molecule has 0 aliphatic carbocycles. The normalized spacial score (nSPS) is 17.6. The van der Waals surface area contributed by atoms with Gasteiger partial charge in [0.15, 0.2) is 0 Å². The van der Waals surface area contributed by atoms with E-state index in [1.165, 1.54) is 7.05 Å². The van der Waals surface area contributed by atoms with Gasteiger partial charge in [0, 0.05) is 12.6 Å². The van der Waals surface area contributed by atoms with Crippen molar-refractivity contribution in [2.75, 3.05) is 13.6 Å². The molecule has 0 aromatic heterocycles. The van der Waals surface area contributed by atoms with Crippen molar-refractivity contribution >= 4 is 23.6 Å². The number of nitrogens with zero attached hydrogens (tertiary/aromatic N) is 1. The molecule has 0 bridgehead atoms. The molecule has 1 aliphatic rings. The van der Waals surface area contributed by atoms with Crippen molar-refractivity contribution in [2.45, 2.75) is 38.6 Å². The predicted molar refractivity (Wildman–Crippen MR) is 91.8 cm³/mol. The molecule has 1 heterocycles. The van der Waals surface area contributed by atoms with Crippen LogP contribution in [-0.4, -0.2) is 48.2 Å². The third kappa shape index (κ3) is 4.43. The van der Waals surface area contributed by atoms with Gasteiger partial charge in [-0.05, 0) is 23.1 Å². The van der Waals surface area contributed by atoms with Crippen LogP contribution in [0.3, 0.4) is 0 Å². The lowest BCUT2D eigenvalue weighted by atomic mass is 9.87. The molecular weight excluding hydrogens is 322 g/mol. The highest BCUT2D eigenvalue weighted by atomic mass is 16.2. The molecule has 0 saturated carbocycles. The van der Waals surface area contributed by atoms with Gasteiger partial charge in [-0.15, -0.1) is 0 Å². The van der Waals surface area contributed by atoms with E-state index in [4.69, 9.17) is 0 Å². The zero-order valence-corrected chi connectivity index (χ0v) is 14.9. The standard InChI is InChI=1S/C18H23N3O4/c1-18(2,3)12-7-5-11(6-8-12)16(24)19-10-14(22)20-13-9-15(23)21(4)17(13)25/h5-8,13H,9-10H2,1-4H3,(H,19,24)(H,20,22)/t13-/m0/s1. The maximum atomic E-state index is 12.1. The second-order valence-corrected chi connectivity index (χ2v) is 7.13. The number of nitrogens with one attached hydrogen (secondary N) is 2. The largest absolute Gasteiger partial charge is 0.343 e. The van der Waals surface area contributed by atoms with Crippen molar-refractivity contribution in [3.05, 3.63) is 35.4 Å². The zero-order valence-electron chi connectivity index (χ0n) is 14.9. The predicted octanol–water partition coefficient (Wildman–Crippen LogP) is 0.587. The fourth-order valence-electron chi connectivity index (χ4n) is 2.50. The van der Waals surface area contributed by atoms with Crippen molar-refractivity contribution < 1.29 is 19.2 Å². The maximum absolute atomic E-state index is 12.1. The summed E-state index contributed by atoms with van der Waals surface area (Å²) in [5.74, 6) is -1.66. The van der Waals surface area contributed by atoms with Gasteiger partial charge in [0.05, 0.1) is 13.0 Å². The molecule has 1 fully saturated rings. The zero-order chi connectivity index (χ0) is 18.8. The smallest absolute Gasteiger partial charge is 0.252 e. The van der Waals surface area contributed by atoms with E-state index in [0.717, 1.165) is 10.5 Å². The van der Waals surface area contributed by atoms with Gasteiger partial charge < -0.3 is 10.6 Å². The Morgan fingerprint density at radius 2 is 1.76 bits per heavy atom. The maximum Gasteiger partial charge on any atom is 0.252 e. The molecule has 1 saturated heterocycles. The average molecular weight is 345 g/mol. The number of carbonyl (C=O) groups is 4. The molecule has 25 heavy (non-hydrogen) atoms. The number of likely N-dealkylation sites (tertiary alicyclic amines) is 1. The molecule has 0 spiro atoms. The van der Waals surface area contributed by atoms with Gasteiger partial charge in [-0.1, -0.05) is 32.9 Å². The SMILES string of the molecule is CN1C(=O)C[C@H](NC(=O)CNC(=O)c2ccc(C(C)(C)C)cc2)C1=O. The van der Waals surface area contributed by atoms with Crippen LogP contribution in [0.25, 0.3) is 0 Å². The Bertz CT molecular complexity index is 704. The van der Waals surface area contributed by atoms with Crippen LogP contribution in [0.1, 0.15) is 43.1 Å². The summed E-state index contributed by atoms with van der Waals surface area (Å²) in [4.78, 5) is 48.1. The van der Waals surface area contributed by atoms with Gasteiger partial charge in [-0.2, -0.15) is 0 Å². The first kappa shape index (κ1) is 18.6. The summed E-state index contributed by atoms with van der Waals surface area (Å²) in [6.45, 7) is 5.98. The van der Waals surface area contributed by atoms with Crippen LogP contribution in [0.5, 0.6) is 0 Å². The van der Waals surface area contributed by atoms with Crippen molar-refractivity contribution in [1.29, 1.82) is 0 Å². The average Bonchev–Trinajstić information content (AvgIpc) is 2.79. The van der Waals surface area contributed by atoms with Crippen molar-refractivity contribution in [3.63, 3.8) is 0 Å². The van der Waals surface area contributed by atoms with E-state index < -0.39 is 17.9 Å². The number of carbonyl (C=O) groups excluding carboxylic acids is 4. The first-order chi connectivity index (χ1) is 11.6. The Labute approximate surface area is 146 Å². The Balaban J connectivity index is 1.86. The second-order valence-electron chi connectivity index (χ2n) is 7.13. The van der Waals surface area contributed by atoms with Gasteiger partial charge in [-0.25, -0.2) is 0 Å². The number of hydrogen-bond donors (Lipinski definition) is 2. The Morgan fingerprint density at radius 1 is 1.16 bits per heavy atom. The molecule has 134 valence electrons. The van der Waals surface area contributed by atoms with Crippen LogP contribution in [-0.2, 0) is 19.8 Å². The minimum Gasteiger partial charge on any atom is -0.343 e. The summed E-state index contributed by atoms with van der Waals surface area (Å²) in [6.07, 6.45) is -0.0523. The van der Waals surface area contributed by atoms with Crippen LogP contribution >= 0.6 is 0 Å². The Kier molecular flexibility index (Phi) is 5.25. The van der Waals surface area contributed by atoms with E-state index in [9.17, 15) is 19.2 Å². The highest BCUT2D eigenvalue weighted by Gasteiger charge is 2.36. The molecule has 0 unspecified atom stereocenters. The lowest BCUT2D eigenvalue weighted by Crippen LogP contribution is -2.45. The molecule has 7 heteroatoms. The van der Waals surface area contributed by atoms with Crippen molar-refractivity contribution in [1.82, 2.24) is 15.5 Å².